The molecule has 0 heterocycles. The van der Waals surface area contributed by atoms with Gasteiger partial charge in [-0.05, 0) is 48.9 Å². The van der Waals surface area contributed by atoms with Gasteiger partial charge in [0, 0.05) is 14.9 Å². The maximum Gasteiger partial charge on any atom is 0.250 e. The van der Waals surface area contributed by atoms with Crippen molar-refractivity contribution in [1.29, 1.82) is 0 Å². The molecule has 22 heavy (non-hydrogen) atoms. The third-order valence-corrected chi connectivity index (χ3v) is 4.31. The number of carbonyl (C=O) groups excluding carboxylic acids is 1. The van der Waals surface area contributed by atoms with Crippen molar-refractivity contribution in [3.8, 4) is 0 Å². The molecule has 0 spiro atoms. The molecule has 0 saturated heterocycles. The number of amides is 1. The van der Waals surface area contributed by atoms with Crippen LogP contribution in [0.4, 0.5) is 0 Å². The number of hydrogen-bond donors (Lipinski definition) is 1. The van der Waals surface area contributed by atoms with Crippen LogP contribution < -0.4 is 5.43 Å². The summed E-state index contributed by atoms with van der Waals surface area (Å²) in [6.45, 7) is 1.83. The molecule has 0 atom stereocenters. The molecular formula is C16H14Cl2N2OS. The van der Waals surface area contributed by atoms with Crippen molar-refractivity contribution < 1.29 is 4.79 Å². The van der Waals surface area contributed by atoms with Crippen LogP contribution in [0.3, 0.4) is 0 Å². The molecule has 0 aliphatic rings. The lowest BCUT2D eigenvalue weighted by Crippen LogP contribution is -2.21. The summed E-state index contributed by atoms with van der Waals surface area (Å²) < 4.78 is 0. The third kappa shape index (κ3) is 5.37. The first-order valence-corrected chi connectivity index (χ1v) is 8.26. The molecule has 0 bridgehead atoms. The van der Waals surface area contributed by atoms with Crippen molar-refractivity contribution in [3.63, 3.8) is 0 Å². The van der Waals surface area contributed by atoms with Gasteiger partial charge < -0.3 is 0 Å². The zero-order valence-electron chi connectivity index (χ0n) is 11.8. The summed E-state index contributed by atoms with van der Waals surface area (Å²) in [4.78, 5) is 12.8. The predicted octanol–water partition coefficient (Wildman–Crippen LogP) is 4.63. The molecule has 6 heteroatoms. The van der Waals surface area contributed by atoms with Crippen molar-refractivity contribution in [3.05, 3.63) is 64.1 Å². The number of rotatable bonds is 5. The van der Waals surface area contributed by atoms with Gasteiger partial charge in [0.15, 0.2) is 0 Å². The Kier molecular flexibility index (Phi) is 6.31. The summed E-state index contributed by atoms with van der Waals surface area (Å²) in [5, 5.41) is 5.43. The number of nitrogens with one attached hydrogen (secondary N) is 1. The van der Waals surface area contributed by atoms with Crippen LogP contribution in [0.5, 0.6) is 0 Å². The van der Waals surface area contributed by atoms with E-state index in [-0.39, 0.29) is 5.91 Å². The van der Waals surface area contributed by atoms with Crippen molar-refractivity contribution in [1.82, 2.24) is 5.43 Å². The number of halogens is 2. The fourth-order valence-corrected chi connectivity index (χ4v) is 2.56. The van der Waals surface area contributed by atoms with E-state index in [1.54, 1.807) is 24.3 Å². The summed E-state index contributed by atoms with van der Waals surface area (Å²) >= 11 is 13.1. The maximum absolute atomic E-state index is 11.8. The van der Waals surface area contributed by atoms with Gasteiger partial charge in [-0.2, -0.15) is 5.10 Å². The van der Waals surface area contributed by atoms with E-state index in [1.165, 1.54) is 11.8 Å². The van der Waals surface area contributed by atoms with Crippen LogP contribution in [0.15, 0.2) is 58.5 Å². The summed E-state index contributed by atoms with van der Waals surface area (Å²) in [6, 6.07) is 14.6. The molecule has 114 valence electrons. The summed E-state index contributed by atoms with van der Waals surface area (Å²) in [6.07, 6.45) is 0. The number of benzene rings is 2. The van der Waals surface area contributed by atoms with E-state index < -0.39 is 0 Å². The quantitative estimate of drug-likeness (QED) is 0.484. The normalized spacial score (nSPS) is 11.3. The van der Waals surface area contributed by atoms with E-state index in [2.05, 4.69) is 10.5 Å². The Balaban J connectivity index is 1.85. The Bertz CT molecular complexity index is 670. The summed E-state index contributed by atoms with van der Waals surface area (Å²) in [5.41, 5.74) is 4.18. The highest BCUT2D eigenvalue weighted by Gasteiger charge is 2.03. The Labute approximate surface area is 143 Å². The van der Waals surface area contributed by atoms with Crippen LogP contribution in [0.2, 0.25) is 10.0 Å². The number of carbonyl (C=O) groups is 1. The lowest BCUT2D eigenvalue weighted by atomic mass is 10.1. The van der Waals surface area contributed by atoms with Crippen LogP contribution >= 0.6 is 35.0 Å². The molecule has 0 radical (unpaired) electrons. The molecule has 0 aliphatic carbocycles. The van der Waals surface area contributed by atoms with Crippen molar-refractivity contribution in [2.24, 2.45) is 5.10 Å². The van der Waals surface area contributed by atoms with Crippen LogP contribution in [0.25, 0.3) is 0 Å². The second kappa shape index (κ2) is 8.22. The Morgan fingerprint density at radius 1 is 1.05 bits per heavy atom. The van der Waals surface area contributed by atoms with Crippen molar-refractivity contribution >= 4 is 46.6 Å². The van der Waals surface area contributed by atoms with Crippen LogP contribution in [-0.2, 0) is 4.79 Å². The molecule has 2 rings (SSSR count). The first-order chi connectivity index (χ1) is 10.5. The molecular weight excluding hydrogens is 339 g/mol. The molecule has 2 aromatic rings. The van der Waals surface area contributed by atoms with Gasteiger partial charge >= 0.3 is 0 Å². The molecule has 0 aromatic heterocycles. The standard InChI is InChI=1S/C16H14Cl2N2OS/c1-11(12-2-4-13(17)5-3-12)19-20-16(21)10-22-15-8-6-14(18)7-9-15/h2-9H,10H2,1H3,(H,20,21). The molecule has 0 saturated carbocycles. The average molecular weight is 353 g/mol. The van der Waals surface area contributed by atoms with Crippen molar-refractivity contribution in [2.75, 3.05) is 5.75 Å². The Morgan fingerprint density at radius 3 is 2.18 bits per heavy atom. The number of hydrazone groups is 1. The molecule has 3 nitrogen and oxygen atoms in total. The van der Waals surface area contributed by atoms with E-state index >= 15 is 0 Å². The van der Waals surface area contributed by atoms with E-state index in [0.29, 0.717) is 15.8 Å². The molecule has 1 N–H and O–H groups in total. The minimum atomic E-state index is -0.159. The Morgan fingerprint density at radius 2 is 1.59 bits per heavy atom. The smallest absolute Gasteiger partial charge is 0.250 e. The summed E-state index contributed by atoms with van der Waals surface area (Å²) in [5.74, 6) is 0.132. The van der Waals surface area contributed by atoms with Gasteiger partial charge in [0.25, 0.3) is 0 Å². The second-order valence-electron chi connectivity index (χ2n) is 4.48. The highest BCUT2D eigenvalue weighted by molar-refractivity contribution is 8.00. The minimum absolute atomic E-state index is 0.159. The monoisotopic (exact) mass is 352 g/mol. The molecule has 1 amide bonds. The fraction of sp³-hybridized carbons (Fsp3) is 0.125. The van der Waals surface area contributed by atoms with Gasteiger partial charge in [0.05, 0.1) is 11.5 Å². The maximum atomic E-state index is 11.8. The van der Waals surface area contributed by atoms with Crippen LogP contribution in [0, 0.1) is 0 Å². The van der Waals surface area contributed by atoms with Gasteiger partial charge in [-0.1, -0.05) is 35.3 Å². The first-order valence-electron chi connectivity index (χ1n) is 6.52. The van der Waals surface area contributed by atoms with Crippen LogP contribution in [0.1, 0.15) is 12.5 Å². The van der Waals surface area contributed by atoms with Gasteiger partial charge in [-0.15, -0.1) is 11.8 Å². The SMILES string of the molecule is CC(=NNC(=O)CSc1ccc(Cl)cc1)c1ccc(Cl)cc1. The Hall–Kier alpha value is -1.49. The number of hydrogen-bond acceptors (Lipinski definition) is 3. The van der Waals surface area contributed by atoms with Crippen molar-refractivity contribution in [2.45, 2.75) is 11.8 Å². The lowest BCUT2D eigenvalue weighted by Gasteiger charge is -2.03. The van der Waals surface area contributed by atoms with E-state index in [9.17, 15) is 4.79 Å². The third-order valence-electron chi connectivity index (χ3n) is 2.79. The van der Waals surface area contributed by atoms with Gasteiger partial charge in [0.2, 0.25) is 5.91 Å². The topological polar surface area (TPSA) is 41.5 Å². The highest BCUT2D eigenvalue weighted by Crippen LogP contribution is 2.19. The highest BCUT2D eigenvalue weighted by atomic mass is 35.5. The first kappa shape index (κ1) is 16.9. The molecule has 2 aromatic carbocycles. The average Bonchev–Trinajstić information content (AvgIpc) is 2.52. The minimum Gasteiger partial charge on any atom is -0.272 e. The number of thioether (sulfide) groups is 1. The zero-order valence-corrected chi connectivity index (χ0v) is 14.2. The van der Waals surface area contributed by atoms with Gasteiger partial charge in [0.1, 0.15) is 0 Å². The van der Waals surface area contributed by atoms with Gasteiger partial charge in [-0.3, -0.25) is 4.79 Å². The molecule has 0 aliphatic heterocycles. The fourth-order valence-electron chi connectivity index (χ4n) is 1.61. The zero-order chi connectivity index (χ0) is 15.9. The largest absolute Gasteiger partial charge is 0.272 e. The van der Waals surface area contributed by atoms with Crippen LogP contribution in [-0.4, -0.2) is 17.4 Å². The second-order valence-corrected chi connectivity index (χ2v) is 6.40. The van der Waals surface area contributed by atoms with E-state index in [4.69, 9.17) is 23.2 Å². The van der Waals surface area contributed by atoms with Gasteiger partial charge in [-0.25, -0.2) is 5.43 Å². The predicted molar refractivity (Wildman–Crippen MR) is 94.0 cm³/mol. The molecule has 0 fully saturated rings. The van der Waals surface area contributed by atoms with E-state index in [0.717, 1.165) is 16.2 Å². The lowest BCUT2D eigenvalue weighted by molar-refractivity contribution is -0.118. The number of nitrogens with zero attached hydrogens (tertiary/aromatic N) is 1. The van der Waals surface area contributed by atoms with E-state index in [1.807, 2.05) is 31.2 Å². The molecule has 0 unspecified atom stereocenters. The summed E-state index contributed by atoms with van der Waals surface area (Å²) in [7, 11) is 0.